The van der Waals surface area contributed by atoms with Gasteiger partial charge in [-0.1, -0.05) is 82.3 Å². The first-order chi connectivity index (χ1) is 28.6. The molecule has 8 aromatic rings. The van der Waals surface area contributed by atoms with Gasteiger partial charge in [0.15, 0.2) is 0 Å². The van der Waals surface area contributed by atoms with Crippen LogP contribution in [-0.2, 0) is 17.8 Å². The number of aryl methyl sites for hydroxylation is 1. The number of hydrogen-bond donors (Lipinski definition) is 2. The molecule has 59 heavy (non-hydrogen) atoms. The van der Waals surface area contributed by atoms with Gasteiger partial charge in [-0.05, 0) is 72.9 Å². The molecule has 1 unspecified atom stereocenters. The second kappa shape index (κ2) is 17.0. The lowest BCUT2D eigenvalue weighted by Gasteiger charge is -2.30. The van der Waals surface area contributed by atoms with Gasteiger partial charge in [0.05, 0.1) is 22.8 Å². The van der Waals surface area contributed by atoms with Gasteiger partial charge >= 0.3 is 0 Å². The Morgan fingerprint density at radius 3 is 2.49 bits per heavy atom. The standard InChI is InChI=1S/C22H21BrN6O3.C20H20N6S/c23-16-7-8-18-17(12-16)21(31)29(22-25-24-13-28(18)22)20(27-9-1-2-10-27)15-5-3-14(4-6-15)11-19(30)26-32;1-14-8-9-17-16(12-14)18(27)25(11-5-7-15-6-4-10-21-13-15)20-23-22-19(24(2)3)26(17)20/h3-8,12-13,20,32H,1-2,9-11H2,(H,26,30);4-10,12-13H,11H2,1-3H3. The summed E-state index contributed by atoms with van der Waals surface area (Å²) in [4.78, 5) is 33.6. The van der Waals surface area contributed by atoms with Gasteiger partial charge in [0.1, 0.15) is 17.1 Å². The SMILES string of the molecule is Cc1ccc2c(c1)c(=S)n(CC=Cc1cccnc1)c1nnc(N(C)C)n21.O=C(Cc1ccc(C(N2CCCC2)n2c(=O)c3cc(Br)ccc3n3cnnc23)cc1)NO. The number of likely N-dealkylation sites (tertiary alicyclic amines) is 1. The van der Waals surface area contributed by atoms with Crippen LogP contribution in [0, 0.1) is 11.6 Å². The van der Waals surface area contributed by atoms with E-state index in [0.29, 0.717) is 17.7 Å². The van der Waals surface area contributed by atoms with Crippen molar-refractivity contribution in [3.63, 3.8) is 0 Å². The normalized spacial score (nSPS) is 13.7. The monoisotopic (exact) mass is 872 g/mol. The van der Waals surface area contributed by atoms with Crippen molar-refractivity contribution in [2.75, 3.05) is 32.1 Å². The third kappa shape index (κ3) is 7.89. The van der Waals surface area contributed by atoms with E-state index in [-0.39, 0.29) is 18.1 Å². The maximum atomic E-state index is 13.8. The zero-order valence-electron chi connectivity index (χ0n) is 32.6. The molecule has 1 amide bonds. The molecule has 0 spiro atoms. The molecule has 1 aliphatic heterocycles. The van der Waals surface area contributed by atoms with Crippen LogP contribution in [0.25, 0.3) is 39.4 Å². The van der Waals surface area contributed by atoms with Gasteiger partial charge in [0.25, 0.3) is 5.56 Å². The van der Waals surface area contributed by atoms with E-state index in [1.54, 1.807) is 22.6 Å². The molecular formula is C42H41BrN12O3S. The van der Waals surface area contributed by atoms with E-state index in [4.69, 9.17) is 17.4 Å². The molecule has 9 rings (SSSR count). The van der Waals surface area contributed by atoms with Crippen LogP contribution in [0.2, 0.25) is 0 Å². The highest BCUT2D eigenvalue weighted by atomic mass is 79.9. The van der Waals surface area contributed by atoms with Crippen LogP contribution in [0.5, 0.6) is 0 Å². The number of carbonyl (C=O) groups excluding carboxylic acids is 1. The lowest BCUT2D eigenvalue weighted by Crippen LogP contribution is -2.38. The van der Waals surface area contributed by atoms with Gasteiger partial charge in [0, 0.05) is 56.0 Å². The number of anilines is 1. The van der Waals surface area contributed by atoms with Crippen LogP contribution in [0.15, 0.2) is 107 Å². The Balaban J connectivity index is 0.000000167. The summed E-state index contributed by atoms with van der Waals surface area (Å²) >= 11 is 9.29. The number of amides is 1. The molecule has 0 radical (unpaired) electrons. The summed E-state index contributed by atoms with van der Waals surface area (Å²) in [6.07, 6.45) is 11.2. The fourth-order valence-corrected chi connectivity index (χ4v) is 8.25. The number of pyridine rings is 1. The average molecular weight is 874 g/mol. The Hall–Kier alpha value is -6.14. The van der Waals surface area contributed by atoms with E-state index in [9.17, 15) is 9.59 Å². The number of hydroxylamine groups is 1. The summed E-state index contributed by atoms with van der Waals surface area (Å²) in [6.45, 7) is 4.40. The van der Waals surface area contributed by atoms with E-state index in [0.717, 1.165) is 79.9 Å². The Labute approximate surface area is 352 Å². The van der Waals surface area contributed by atoms with E-state index >= 15 is 0 Å². The third-order valence-electron chi connectivity index (χ3n) is 10.3. The molecule has 1 saturated heterocycles. The topological polar surface area (TPSA) is 156 Å². The maximum Gasteiger partial charge on any atom is 0.264 e. The van der Waals surface area contributed by atoms with Crippen LogP contribution in [0.3, 0.4) is 0 Å². The number of fused-ring (bicyclic) bond motifs is 6. The van der Waals surface area contributed by atoms with Crippen molar-refractivity contribution in [1.82, 2.24) is 53.7 Å². The molecule has 0 aliphatic carbocycles. The molecule has 1 atom stereocenters. The van der Waals surface area contributed by atoms with Crippen LogP contribution >= 0.6 is 28.1 Å². The molecular weight excluding hydrogens is 833 g/mol. The van der Waals surface area contributed by atoms with E-state index in [1.807, 2.05) is 94.8 Å². The number of allylic oxidation sites excluding steroid dienone is 1. The van der Waals surface area contributed by atoms with Crippen molar-refractivity contribution in [3.8, 4) is 0 Å². The molecule has 1 fully saturated rings. The zero-order valence-corrected chi connectivity index (χ0v) is 35.0. The molecule has 0 saturated carbocycles. The summed E-state index contributed by atoms with van der Waals surface area (Å²) in [5, 5.41) is 27.6. The Bertz CT molecular complexity index is 2970. The quantitative estimate of drug-likeness (QED) is 0.0942. The van der Waals surface area contributed by atoms with Crippen molar-refractivity contribution in [3.05, 3.63) is 139 Å². The fraction of sp³-hybridized carbons (Fsp3) is 0.238. The minimum atomic E-state index is -0.477. The summed E-state index contributed by atoms with van der Waals surface area (Å²) in [7, 11) is 3.93. The minimum absolute atomic E-state index is 0.0730. The first kappa shape index (κ1) is 39.7. The van der Waals surface area contributed by atoms with Crippen LogP contribution in [0.1, 0.15) is 41.3 Å². The molecule has 300 valence electrons. The number of hydrogen-bond acceptors (Lipinski definition) is 11. The first-order valence-electron chi connectivity index (χ1n) is 19.0. The highest BCUT2D eigenvalue weighted by molar-refractivity contribution is 9.10. The van der Waals surface area contributed by atoms with E-state index < -0.39 is 5.91 Å². The van der Waals surface area contributed by atoms with E-state index in [1.165, 1.54) is 5.56 Å². The number of carbonyl (C=O) groups is 1. The smallest absolute Gasteiger partial charge is 0.264 e. The lowest BCUT2D eigenvalue weighted by atomic mass is 10.1. The number of nitrogens with zero attached hydrogens (tertiary/aromatic N) is 11. The highest BCUT2D eigenvalue weighted by Gasteiger charge is 2.29. The molecule has 3 aromatic carbocycles. The fourth-order valence-electron chi connectivity index (χ4n) is 7.57. The number of benzene rings is 3. The third-order valence-corrected chi connectivity index (χ3v) is 11.3. The highest BCUT2D eigenvalue weighted by Crippen LogP contribution is 2.29. The predicted octanol–water partition coefficient (Wildman–Crippen LogP) is 6.39. The number of aromatic nitrogens is 9. The van der Waals surface area contributed by atoms with Gasteiger partial charge < -0.3 is 4.90 Å². The Morgan fingerprint density at radius 2 is 1.76 bits per heavy atom. The van der Waals surface area contributed by atoms with Gasteiger partial charge in [-0.2, -0.15) is 0 Å². The van der Waals surface area contributed by atoms with Crippen molar-refractivity contribution >= 4 is 79.4 Å². The van der Waals surface area contributed by atoms with Gasteiger partial charge in [-0.3, -0.25) is 38.2 Å². The molecule has 15 nitrogen and oxygen atoms in total. The van der Waals surface area contributed by atoms with Crippen LogP contribution < -0.4 is 15.9 Å². The van der Waals surface area contributed by atoms with Crippen LogP contribution in [0.4, 0.5) is 5.95 Å². The summed E-state index contributed by atoms with van der Waals surface area (Å²) in [5.74, 6) is 1.51. The molecule has 17 heteroatoms. The largest absolute Gasteiger partial charge is 0.347 e. The minimum Gasteiger partial charge on any atom is -0.347 e. The lowest BCUT2D eigenvalue weighted by molar-refractivity contribution is -0.128. The predicted molar refractivity (Wildman–Crippen MR) is 233 cm³/mol. The molecule has 0 bridgehead atoms. The van der Waals surface area contributed by atoms with Crippen molar-refractivity contribution in [1.29, 1.82) is 0 Å². The second-order valence-electron chi connectivity index (χ2n) is 14.6. The van der Waals surface area contributed by atoms with Crippen molar-refractivity contribution in [2.45, 2.75) is 38.9 Å². The van der Waals surface area contributed by atoms with Gasteiger partial charge in [0.2, 0.25) is 23.4 Å². The summed E-state index contributed by atoms with van der Waals surface area (Å²) in [6, 6.07) is 23.4. The van der Waals surface area contributed by atoms with Gasteiger partial charge in [-0.25, -0.2) is 9.88 Å². The zero-order chi connectivity index (χ0) is 41.2. The Kier molecular flexibility index (Phi) is 11.4. The average Bonchev–Trinajstić information content (AvgIpc) is 4.04. The maximum absolute atomic E-state index is 13.8. The molecule has 5 aromatic heterocycles. The summed E-state index contributed by atoms with van der Waals surface area (Å²) < 4.78 is 9.21. The molecule has 6 heterocycles. The first-order valence-corrected chi connectivity index (χ1v) is 20.2. The second-order valence-corrected chi connectivity index (χ2v) is 15.9. The Morgan fingerprint density at radius 1 is 0.983 bits per heavy atom. The molecule has 1 aliphatic rings. The van der Waals surface area contributed by atoms with E-state index in [2.05, 4.69) is 81.8 Å². The summed E-state index contributed by atoms with van der Waals surface area (Å²) in [5.41, 5.74) is 7.19. The van der Waals surface area contributed by atoms with Crippen molar-refractivity contribution in [2.24, 2.45) is 0 Å². The number of rotatable bonds is 9. The number of nitrogens with one attached hydrogen (secondary N) is 1. The van der Waals surface area contributed by atoms with Crippen molar-refractivity contribution < 1.29 is 10.0 Å². The van der Waals surface area contributed by atoms with Crippen LogP contribution in [-0.4, -0.2) is 86.5 Å². The molecule has 2 N–H and O–H groups in total. The van der Waals surface area contributed by atoms with Gasteiger partial charge in [-0.15, -0.1) is 20.4 Å². The number of halogens is 1.